The van der Waals surface area contributed by atoms with Gasteiger partial charge in [0.25, 0.3) is 0 Å². The Kier molecular flexibility index (Phi) is 5.74. The molecular weight excluding hydrogens is 336 g/mol. The summed E-state index contributed by atoms with van der Waals surface area (Å²) in [4.78, 5) is 24.8. The average Bonchev–Trinajstić information content (AvgIpc) is 2.97. The summed E-state index contributed by atoms with van der Waals surface area (Å²) in [5.74, 6) is -0.927. The Bertz CT molecular complexity index is 698. The van der Waals surface area contributed by atoms with Gasteiger partial charge in [-0.25, -0.2) is 0 Å². The van der Waals surface area contributed by atoms with Gasteiger partial charge < -0.3 is 10.4 Å². The maximum atomic E-state index is 12.3. The van der Waals surface area contributed by atoms with Crippen molar-refractivity contribution in [3.8, 4) is 6.07 Å². The second-order valence-corrected chi connectivity index (χ2v) is 8.23. The first-order chi connectivity index (χ1) is 12.1. The van der Waals surface area contributed by atoms with E-state index in [1.165, 1.54) is 43.4 Å². The fraction of sp³-hybridized carbons (Fsp3) is 0.632. The molecule has 0 bridgehead atoms. The molecule has 1 aromatic heterocycles. The van der Waals surface area contributed by atoms with Gasteiger partial charge in [-0.1, -0.05) is 32.1 Å². The predicted octanol–water partition coefficient (Wildman–Crippen LogP) is 4.42. The molecule has 2 aliphatic rings. The molecule has 1 saturated carbocycles. The Labute approximate surface area is 152 Å². The van der Waals surface area contributed by atoms with Crippen LogP contribution in [0.25, 0.3) is 0 Å². The number of rotatable bonds is 5. The quantitative estimate of drug-likeness (QED) is 0.813. The minimum Gasteiger partial charge on any atom is -0.481 e. The first kappa shape index (κ1) is 17.9. The summed E-state index contributed by atoms with van der Waals surface area (Å²) in [6.07, 6.45) is 9.78. The van der Waals surface area contributed by atoms with Gasteiger partial charge in [0.05, 0.1) is 11.5 Å². The number of aliphatic carboxylic acids is 1. The van der Waals surface area contributed by atoms with E-state index < -0.39 is 11.9 Å². The van der Waals surface area contributed by atoms with Crippen LogP contribution < -0.4 is 5.32 Å². The van der Waals surface area contributed by atoms with Crippen LogP contribution in [0.2, 0.25) is 0 Å². The number of hydrogen-bond acceptors (Lipinski definition) is 4. The molecule has 2 N–H and O–H groups in total. The zero-order valence-electron chi connectivity index (χ0n) is 14.3. The molecule has 134 valence electrons. The van der Waals surface area contributed by atoms with Crippen LogP contribution in [-0.2, 0) is 16.0 Å². The lowest BCUT2D eigenvalue weighted by Crippen LogP contribution is -2.18. The number of carboxylic acids is 1. The van der Waals surface area contributed by atoms with Crippen molar-refractivity contribution >= 4 is 28.2 Å². The monoisotopic (exact) mass is 360 g/mol. The third-order valence-electron chi connectivity index (χ3n) is 5.43. The maximum absolute atomic E-state index is 12.3. The van der Waals surface area contributed by atoms with Crippen molar-refractivity contribution < 1.29 is 14.7 Å². The van der Waals surface area contributed by atoms with E-state index in [1.54, 1.807) is 0 Å². The minimum absolute atomic E-state index is 0.0625. The lowest BCUT2D eigenvalue weighted by molar-refractivity contribution is -0.139. The van der Waals surface area contributed by atoms with Crippen LogP contribution in [0.1, 0.15) is 79.7 Å². The van der Waals surface area contributed by atoms with Crippen LogP contribution in [0.3, 0.4) is 0 Å². The minimum atomic E-state index is -0.884. The number of thiophene rings is 1. The number of carbonyl (C=O) groups is 2. The molecule has 2 aliphatic carbocycles. The van der Waals surface area contributed by atoms with Crippen LogP contribution in [0.4, 0.5) is 5.00 Å². The van der Waals surface area contributed by atoms with Gasteiger partial charge in [0.15, 0.2) is 0 Å². The number of anilines is 1. The molecule has 0 spiro atoms. The van der Waals surface area contributed by atoms with Gasteiger partial charge in [-0.15, -0.1) is 11.3 Å². The molecule has 0 radical (unpaired) electrons. The summed E-state index contributed by atoms with van der Waals surface area (Å²) in [5, 5.41) is 22.4. The Morgan fingerprint density at radius 2 is 1.96 bits per heavy atom. The average molecular weight is 360 g/mol. The SMILES string of the molecule is N#Cc1c(NC(=O)CCC2CCCCC2)sc2c1C(C(=O)O)CCC2. The van der Waals surface area contributed by atoms with Crippen LogP contribution >= 0.6 is 11.3 Å². The number of nitrogens with zero attached hydrogens (tertiary/aromatic N) is 1. The number of nitrogens with one attached hydrogen (secondary N) is 1. The molecule has 1 fully saturated rings. The first-order valence-corrected chi connectivity index (χ1v) is 10.00. The number of nitriles is 1. The van der Waals surface area contributed by atoms with Crippen molar-refractivity contribution in [2.24, 2.45) is 5.92 Å². The molecule has 6 heteroatoms. The summed E-state index contributed by atoms with van der Waals surface area (Å²) in [6, 6.07) is 2.13. The Morgan fingerprint density at radius 1 is 1.20 bits per heavy atom. The normalized spacial score (nSPS) is 20.5. The molecule has 1 unspecified atom stereocenters. The summed E-state index contributed by atoms with van der Waals surface area (Å²) < 4.78 is 0. The van der Waals surface area contributed by atoms with Gasteiger partial charge in [-0.3, -0.25) is 9.59 Å². The molecule has 0 aromatic carbocycles. The highest BCUT2D eigenvalue weighted by Crippen LogP contribution is 2.43. The highest BCUT2D eigenvalue weighted by Gasteiger charge is 2.33. The maximum Gasteiger partial charge on any atom is 0.311 e. The topological polar surface area (TPSA) is 90.2 Å². The fourth-order valence-electron chi connectivity index (χ4n) is 4.10. The van der Waals surface area contributed by atoms with E-state index in [0.29, 0.717) is 34.9 Å². The van der Waals surface area contributed by atoms with E-state index in [4.69, 9.17) is 0 Å². The molecule has 1 aromatic rings. The smallest absolute Gasteiger partial charge is 0.311 e. The summed E-state index contributed by atoms with van der Waals surface area (Å²) >= 11 is 1.38. The number of aryl methyl sites for hydroxylation is 1. The van der Waals surface area contributed by atoms with Crippen LogP contribution in [0.15, 0.2) is 0 Å². The van der Waals surface area contributed by atoms with E-state index in [2.05, 4.69) is 11.4 Å². The Hall–Kier alpha value is -1.87. The highest BCUT2D eigenvalue weighted by molar-refractivity contribution is 7.16. The molecule has 0 saturated heterocycles. The van der Waals surface area contributed by atoms with Gasteiger partial charge in [-0.2, -0.15) is 5.26 Å². The molecule has 1 heterocycles. The van der Waals surface area contributed by atoms with Gasteiger partial charge in [0.1, 0.15) is 11.1 Å². The first-order valence-electron chi connectivity index (χ1n) is 9.18. The molecule has 1 amide bonds. The lowest BCUT2D eigenvalue weighted by atomic mass is 9.85. The standard InChI is InChI=1S/C19H24N2O3S/c20-11-14-17-13(19(23)24)7-4-8-15(17)25-18(14)21-16(22)10-9-12-5-2-1-3-6-12/h12-13H,1-10H2,(H,21,22)(H,23,24). The zero-order valence-corrected chi connectivity index (χ0v) is 15.2. The number of carboxylic acid groups (broad SMARTS) is 1. The van der Waals surface area contributed by atoms with E-state index in [9.17, 15) is 20.0 Å². The molecule has 1 atom stereocenters. The number of hydrogen-bond donors (Lipinski definition) is 2. The third-order valence-corrected chi connectivity index (χ3v) is 6.62. The Balaban J connectivity index is 1.69. The van der Waals surface area contributed by atoms with Gasteiger partial charge >= 0.3 is 5.97 Å². The predicted molar refractivity (Wildman–Crippen MR) is 96.8 cm³/mol. The largest absolute Gasteiger partial charge is 0.481 e. The van der Waals surface area contributed by atoms with Crippen molar-refractivity contribution in [3.05, 3.63) is 16.0 Å². The van der Waals surface area contributed by atoms with E-state index in [-0.39, 0.29) is 5.91 Å². The van der Waals surface area contributed by atoms with Gasteiger partial charge in [0, 0.05) is 16.9 Å². The third kappa shape index (κ3) is 4.04. The molecule has 3 rings (SSSR count). The summed E-state index contributed by atoms with van der Waals surface area (Å²) in [7, 11) is 0. The lowest BCUT2D eigenvalue weighted by Gasteiger charge is -2.20. The van der Waals surface area contributed by atoms with Crippen molar-refractivity contribution in [1.29, 1.82) is 5.26 Å². The number of fused-ring (bicyclic) bond motifs is 1. The fourth-order valence-corrected chi connectivity index (χ4v) is 5.37. The van der Waals surface area contributed by atoms with E-state index in [1.807, 2.05) is 0 Å². The Morgan fingerprint density at radius 3 is 2.64 bits per heavy atom. The van der Waals surface area contributed by atoms with Gasteiger partial charge in [0.2, 0.25) is 5.91 Å². The second kappa shape index (κ2) is 8.01. The zero-order chi connectivity index (χ0) is 17.8. The molecule has 5 nitrogen and oxygen atoms in total. The van der Waals surface area contributed by atoms with Crippen molar-refractivity contribution in [1.82, 2.24) is 0 Å². The van der Waals surface area contributed by atoms with E-state index in [0.717, 1.165) is 24.1 Å². The van der Waals surface area contributed by atoms with Crippen LogP contribution in [0.5, 0.6) is 0 Å². The van der Waals surface area contributed by atoms with Crippen molar-refractivity contribution in [2.75, 3.05) is 5.32 Å². The second-order valence-electron chi connectivity index (χ2n) is 7.13. The summed E-state index contributed by atoms with van der Waals surface area (Å²) in [6.45, 7) is 0. The molecule has 25 heavy (non-hydrogen) atoms. The molecular formula is C19H24N2O3S. The number of carbonyl (C=O) groups excluding carboxylic acids is 1. The number of amides is 1. The van der Waals surface area contributed by atoms with Crippen LogP contribution in [-0.4, -0.2) is 17.0 Å². The highest BCUT2D eigenvalue weighted by atomic mass is 32.1. The van der Waals surface area contributed by atoms with E-state index >= 15 is 0 Å². The van der Waals surface area contributed by atoms with Crippen molar-refractivity contribution in [2.45, 2.75) is 70.1 Å². The molecule has 0 aliphatic heterocycles. The van der Waals surface area contributed by atoms with Gasteiger partial charge in [-0.05, 0) is 31.6 Å². The van der Waals surface area contributed by atoms with Crippen molar-refractivity contribution in [3.63, 3.8) is 0 Å². The summed E-state index contributed by atoms with van der Waals surface area (Å²) in [5.41, 5.74) is 0.993. The van der Waals surface area contributed by atoms with Crippen LogP contribution in [0, 0.1) is 17.2 Å².